The van der Waals surface area contributed by atoms with E-state index in [9.17, 15) is 14.4 Å². The highest BCUT2D eigenvalue weighted by Crippen LogP contribution is 2.26. The SMILES string of the molecule is C[C@H]1NC(=O)[C@@H]2C[C@H](NC(=O)Nc3cc(Cl)ccc3Cl)CN2C1=O. The molecule has 1 aromatic rings. The third kappa shape index (κ3) is 3.27. The third-order valence-corrected chi connectivity index (χ3v) is 4.69. The Bertz CT molecular complexity index is 712. The van der Waals surface area contributed by atoms with E-state index in [-0.39, 0.29) is 17.9 Å². The predicted molar refractivity (Wildman–Crippen MR) is 90.1 cm³/mol. The average Bonchev–Trinajstić information content (AvgIpc) is 2.93. The van der Waals surface area contributed by atoms with Crippen LogP contribution < -0.4 is 16.0 Å². The van der Waals surface area contributed by atoms with E-state index in [1.54, 1.807) is 25.1 Å². The number of fused-ring (bicyclic) bond motifs is 1. The number of rotatable bonds is 2. The first-order valence-electron chi connectivity index (χ1n) is 7.48. The number of halogens is 2. The van der Waals surface area contributed by atoms with Crippen molar-refractivity contribution in [3.8, 4) is 0 Å². The minimum Gasteiger partial charge on any atom is -0.343 e. The molecule has 3 rings (SSSR count). The van der Waals surface area contributed by atoms with Crippen LogP contribution >= 0.6 is 23.2 Å². The van der Waals surface area contributed by atoms with Gasteiger partial charge in [-0.15, -0.1) is 0 Å². The van der Waals surface area contributed by atoms with Crippen LogP contribution in [0.15, 0.2) is 18.2 Å². The molecule has 2 fully saturated rings. The second kappa shape index (κ2) is 6.49. The van der Waals surface area contributed by atoms with E-state index in [1.165, 1.54) is 4.90 Å². The molecule has 24 heavy (non-hydrogen) atoms. The van der Waals surface area contributed by atoms with E-state index in [4.69, 9.17) is 23.2 Å². The van der Waals surface area contributed by atoms with Gasteiger partial charge in [0.1, 0.15) is 12.1 Å². The van der Waals surface area contributed by atoms with Gasteiger partial charge in [-0.25, -0.2) is 4.79 Å². The Labute approximate surface area is 148 Å². The Morgan fingerprint density at radius 2 is 2.08 bits per heavy atom. The van der Waals surface area contributed by atoms with Crippen LogP contribution in [0.2, 0.25) is 10.0 Å². The van der Waals surface area contributed by atoms with E-state index in [1.807, 2.05) is 0 Å². The van der Waals surface area contributed by atoms with Crippen molar-refractivity contribution in [2.45, 2.75) is 31.5 Å². The maximum Gasteiger partial charge on any atom is 0.319 e. The Balaban J connectivity index is 1.63. The highest BCUT2D eigenvalue weighted by Gasteiger charge is 2.45. The molecule has 9 heteroatoms. The van der Waals surface area contributed by atoms with Gasteiger partial charge < -0.3 is 20.9 Å². The zero-order valence-corrected chi connectivity index (χ0v) is 14.3. The first-order valence-corrected chi connectivity index (χ1v) is 8.24. The Kier molecular flexibility index (Phi) is 4.56. The Morgan fingerprint density at radius 1 is 1.33 bits per heavy atom. The minimum atomic E-state index is -0.536. The van der Waals surface area contributed by atoms with Crippen LogP contribution in [0.4, 0.5) is 10.5 Å². The number of nitrogens with zero attached hydrogens (tertiary/aromatic N) is 1. The maximum absolute atomic E-state index is 12.1. The van der Waals surface area contributed by atoms with Crippen LogP contribution in [0.25, 0.3) is 0 Å². The van der Waals surface area contributed by atoms with Crippen molar-refractivity contribution in [3.63, 3.8) is 0 Å². The molecule has 0 radical (unpaired) electrons. The Morgan fingerprint density at radius 3 is 2.83 bits per heavy atom. The van der Waals surface area contributed by atoms with E-state index >= 15 is 0 Å². The molecule has 0 aromatic heterocycles. The number of anilines is 1. The zero-order valence-electron chi connectivity index (χ0n) is 12.8. The molecule has 2 heterocycles. The molecular weight excluding hydrogens is 355 g/mol. The number of nitrogens with one attached hydrogen (secondary N) is 3. The Hall–Kier alpha value is -1.99. The summed E-state index contributed by atoms with van der Waals surface area (Å²) in [6.07, 6.45) is 0.376. The number of carbonyl (C=O) groups is 3. The van der Waals surface area contributed by atoms with Crippen molar-refractivity contribution < 1.29 is 14.4 Å². The van der Waals surface area contributed by atoms with Crippen molar-refractivity contribution in [1.29, 1.82) is 0 Å². The summed E-state index contributed by atoms with van der Waals surface area (Å²) in [5, 5.41) is 8.83. The quantitative estimate of drug-likeness (QED) is 0.738. The fourth-order valence-corrected chi connectivity index (χ4v) is 3.33. The largest absolute Gasteiger partial charge is 0.343 e. The first kappa shape index (κ1) is 16.9. The number of hydrogen-bond acceptors (Lipinski definition) is 3. The fourth-order valence-electron chi connectivity index (χ4n) is 2.99. The molecule has 4 amide bonds. The summed E-state index contributed by atoms with van der Waals surface area (Å²) in [6, 6.07) is 2.89. The number of benzene rings is 1. The molecule has 3 atom stereocenters. The van der Waals surface area contributed by atoms with Crippen molar-refractivity contribution >= 4 is 46.7 Å². The monoisotopic (exact) mass is 370 g/mol. The van der Waals surface area contributed by atoms with E-state index in [0.29, 0.717) is 28.7 Å². The lowest BCUT2D eigenvalue weighted by Crippen LogP contribution is -2.60. The highest BCUT2D eigenvalue weighted by molar-refractivity contribution is 6.35. The molecule has 0 bridgehead atoms. The van der Waals surface area contributed by atoms with E-state index in [0.717, 1.165) is 0 Å². The van der Waals surface area contributed by atoms with Gasteiger partial charge in [0, 0.05) is 11.6 Å². The lowest BCUT2D eigenvalue weighted by atomic mass is 10.1. The molecule has 0 unspecified atom stereocenters. The first-order chi connectivity index (χ1) is 11.3. The summed E-state index contributed by atoms with van der Waals surface area (Å²) < 4.78 is 0. The van der Waals surface area contributed by atoms with Crippen LogP contribution in [0.5, 0.6) is 0 Å². The fraction of sp³-hybridized carbons (Fsp3) is 0.400. The van der Waals surface area contributed by atoms with Crippen LogP contribution in [0.3, 0.4) is 0 Å². The molecule has 2 saturated heterocycles. The van der Waals surface area contributed by atoms with E-state index < -0.39 is 18.1 Å². The number of carbonyl (C=O) groups excluding carboxylic acids is 3. The van der Waals surface area contributed by atoms with Crippen LogP contribution in [-0.2, 0) is 9.59 Å². The second-order valence-electron chi connectivity index (χ2n) is 5.89. The van der Waals surface area contributed by atoms with Crippen LogP contribution in [0, 0.1) is 0 Å². The average molecular weight is 371 g/mol. The van der Waals surface area contributed by atoms with Gasteiger partial charge in [0.25, 0.3) is 0 Å². The predicted octanol–water partition coefficient (Wildman–Crippen LogP) is 1.60. The zero-order chi connectivity index (χ0) is 17.4. The molecule has 0 saturated carbocycles. The van der Waals surface area contributed by atoms with Gasteiger partial charge in [-0.3, -0.25) is 9.59 Å². The molecule has 128 valence electrons. The lowest BCUT2D eigenvalue weighted by Gasteiger charge is -2.32. The van der Waals surface area contributed by atoms with Gasteiger partial charge in [0.05, 0.1) is 16.8 Å². The van der Waals surface area contributed by atoms with Crippen molar-refractivity contribution in [1.82, 2.24) is 15.5 Å². The molecular formula is C15H16Cl2N4O3. The lowest BCUT2D eigenvalue weighted by molar-refractivity contribution is -0.146. The van der Waals surface area contributed by atoms with Crippen molar-refractivity contribution in [2.75, 3.05) is 11.9 Å². The summed E-state index contributed by atoms with van der Waals surface area (Å²) >= 11 is 11.9. The third-order valence-electron chi connectivity index (χ3n) is 4.13. The summed E-state index contributed by atoms with van der Waals surface area (Å²) in [7, 11) is 0. The standard InChI is InChI=1S/C15H16Cl2N4O3/c1-7-14(23)21-6-9(5-12(21)13(22)18-7)19-15(24)20-11-4-8(16)2-3-10(11)17/h2-4,7,9,12H,5-6H2,1H3,(H,18,22)(H2,19,20,24)/t7-,9+,12+/m1/s1. The number of urea groups is 1. The minimum absolute atomic E-state index is 0.137. The molecule has 0 spiro atoms. The smallest absolute Gasteiger partial charge is 0.319 e. The normalized spacial score (nSPS) is 26.0. The summed E-state index contributed by atoms with van der Waals surface area (Å²) in [4.78, 5) is 37.7. The van der Waals surface area contributed by atoms with Gasteiger partial charge in [-0.2, -0.15) is 0 Å². The van der Waals surface area contributed by atoms with Gasteiger partial charge in [-0.1, -0.05) is 23.2 Å². The topological polar surface area (TPSA) is 90.5 Å². The van der Waals surface area contributed by atoms with Gasteiger partial charge >= 0.3 is 6.03 Å². The number of piperazine rings is 1. The molecule has 2 aliphatic rings. The van der Waals surface area contributed by atoms with Crippen molar-refractivity contribution in [2.24, 2.45) is 0 Å². The van der Waals surface area contributed by atoms with Gasteiger partial charge in [0.2, 0.25) is 11.8 Å². The molecule has 7 nitrogen and oxygen atoms in total. The summed E-state index contributed by atoms with van der Waals surface area (Å²) in [6.45, 7) is 1.95. The van der Waals surface area contributed by atoms with Crippen molar-refractivity contribution in [3.05, 3.63) is 28.2 Å². The summed E-state index contributed by atoms with van der Waals surface area (Å²) in [5.74, 6) is -0.327. The van der Waals surface area contributed by atoms with Gasteiger partial charge in [-0.05, 0) is 31.5 Å². The van der Waals surface area contributed by atoms with Crippen LogP contribution in [0.1, 0.15) is 13.3 Å². The number of hydrogen-bond donors (Lipinski definition) is 3. The molecule has 1 aromatic carbocycles. The molecule has 2 aliphatic heterocycles. The molecule has 0 aliphatic carbocycles. The highest BCUT2D eigenvalue weighted by atomic mass is 35.5. The second-order valence-corrected chi connectivity index (χ2v) is 6.74. The molecule has 3 N–H and O–H groups in total. The summed E-state index contributed by atoms with van der Waals surface area (Å²) in [5.41, 5.74) is 0.389. The van der Waals surface area contributed by atoms with Crippen LogP contribution in [-0.4, -0.2) is 47.4 Å². The van der Waals surface area contributed by atoms with Gasteiger partial charge in [0.15, 0.2) is 0 Å². The number of amides is 4. The maximum atomic E-state index is 12.1. The van der Waals surface area contributed by atoms with E-state index in [2.05, 4.69) is 16.0 Å².